The van der Waals surface area contributed by atoms with Crippen LogP contribution in [0.15, 0.2) is 60.2 Å². The van der Waals surface area contributed by atoms with Crippen LogP contribution in [0.5, 0.6) is 0 Å². The van der Waals surface area contributed by atoms with E-state index in [0.717, 1.165) is 4.88 Å². The lowest BCUT2D eigenvalue weighted by molar-refractivity contribution is 0.0476. The van der Waals surface area contributed by atoms with Gasteiger partial charge < -0.3 is 4.74 Å². The molecule has 0 unspecified atom stereocenters. The van der Waals surface area contributed by atoms with Gasteiger partial charge in [-0.1, -0.05) is 24.3 Å². The number of aromatic nitrogens is 3. The summed E-state index contributed by atoms with van der Waals surface area (Å²) in [4.78, 5) is 30.5. The van der Waals surface area contributed by atoms with Gasteiger partial charge in [-0.25, -0.2) is 9.78 Å². The molecule has 0 bridgehead atoms. The van der Waals surface area contributed by atoms with E-state index in [1.54, 1.807) is 30.6 Å². The maximum atomic E-state index is 12.7. The van der Waals surface area contributed by atoms with Crippen LogP contribution in [0.2, 0.25) is 0 Å². The number of hydrogen-bond donors (Lipinski definition) is 0. The van der Waals surface area contributed by atoms with Crippen LogP contribution >= 0.6 is 11.3 Å². The summed E-state index contributed by atoms with van der Waals surface area (Å²) in [6, 6.07) is 13.0. The molecule has 0 aliphatic heterocycles. The second-order valence-corrected chi connectivity index (χ2v) is 6.90. The standard InChI is InChI=1S/C20H15N3O3S/c1-23-11-13(10-21-23)18(24)12-26-20(25)15-9-17(19-7-4-8-27-19)22-16-6-3-2-5-14(15)16/h2-11H,12H2,1H3. The third kappa shape index (κ3) is 3.50. The first-order valence-electron chi connectivity index (χ1n) is 8.24. The summed E-state index contributed by atoms with van der Waals surface area (Å²) in [5, 5.41) is 6.60. The average molecular weight is 377 g/mol. The number of aryl methyl sites for hydroxylation is 1. The van der Waals surface area contributed by atoms with Crippen LogP contribution in [0.1, 0.15) is 20.7 Å². The Morgan fingerprint density at radius 3 is 2.78 bits per heavy atom. The van der Waals surface area contributed by atoms with E-state index >= 15 is 0 Å². The molecule has 0 aliphatic carbocycles. The van der Waals surface area contributed by atoms with E-state index in [4.69, 9.17) is 4.74 Å². The molecule has 0 radical (unpaired) electrons. The van der Waals surface area contributed by atoms with Crippen LogP contribution in [0.4, 0.5) is 0 Å². The summed E-state index contributed by atoms with van der Waals surface area (Å²) >= 11 is 1.54. The second-order valence-electron chi connectivity index (χ2n) is 5.95. The number of fused-ring (bicyclic) bond motifs is 1. The summed E-state index contributed by atoms with van der Waals surface area (Å²) < 4.78 is 6.81. The first kappa shape index (κ1) is 17.1. The Kier molecular flexibility index (Phi) is 4.52. The maximum absolute atomic E-state index is 12.7. The molecule has 0 aliphatic rings. The van der Waals surface area contributed by atoms with Gasteiger partial charge in [0, 0.05) is 18.6 Å². The predicted molar refractivity (Wildman–Crippen MR) is 103 cm³/mol. The normalized spacial score (nSPS) is 10.9. The van der Waals surface area contributed by atoms with Crippen molar-refractivity contribution in [2.45, 2.75) is 0 Å². The number of thiophene rings is 1. The zero-order valence-electron chi connectivity index (χ0n) is 14.5. The first-order valence-corrected chi connectivity index (χ1v) is 9.12. The van der Waals surface area contributed by atoms with E-state index in [9.17, 15) is 9.59 Å². The molecule has 0 atom stereocenters. The molecule has 3 heterocycles. The monoisotopic (exact) mass is 377 g/mol. The number of nitrogens with zero attached hydrogens (tertiary/aromatic N) is 3. The molecular weight excluding hydrogens is 362 g/mol. The van der Waals surface area contributed by atoms with Gasteiger partial charge in [-0.15, -0.1) is 11.3 Å². The van der Waals surface area contributed by atoms with E-state index in [0.29, 0.717) is 27.7 Å². The van der Waals surface area contributed by atoms with Crippen LogP contribution in [-0.2, 0) is 11.8 Å². The summed E-state index contributed by atoms with van der Waals surface area (Å²) in [5.41, 5.74) is 2.20. The molecule has 0 spiro atoms. The minimum atomic E-state index is -0.552. The van der Waals surface area contributed by atoms with Gasteiger partial charge in [0.2, 0.25) is 5.78 Å². The molecule has 0 saturated carbocycles. The molecule has 4 aromatic rings. The number of carbonyl (C=O) groups excluding carboxylic acids is 2. The fourth-order valence-electron chi connectivity index (χ4n) is 2.75. The minimum absolute atomic E-state index is 0.298. The average Bonchev–Trinajstić information content (AvgIpc) is 3.37. The molecule has 0 amide bonds. The van der Waals surface area contributed by atoms with Gasteiger partial charge in [0.05, 0.1) is 33.4 Å². The maximum Gasteiger partial charge on any atom is 0.339 e. The van der Waals surface area contributed by atoms with Crippen molar-refractivity contribution in [2.75, 3.05) is 6.61 Å². The molecule has 3 aromatic heterocycles. The highest BCUT2D eigenvalue weighted by atomic mass is 32.1. The Hall–Kier alpha value is -3.32. The van der Waals surface area contributed by atoms with Gasteiger partial charge >= 0.3 is 5.97 Å². The highest BCUT2D eigenvalue weighted by molar-refractivity contribution is 7.13. The number of para-hydroxylation sites is 1. The van der Waals surface area contributed by atoms with E-state index in [1.807, 2.05) is 41.8 Å². The molecule has 4 rings (SSSR count). The van der Waals surface area contributed by atoms with E-state index in [2.05, 4.69) is 10.1 Å². The van der Waals surface area contributed by atoms with Crippen LogP contribution in [-0.4, -0.2) is 33.1 Å². The largest absolute Gasteiger partial charge is 0.454 e. The van der Waals surface area contributed by atoms with Gasteiger partial charge in [-0.05, 0) is 23.6 Å². The smallest absolute Gasteiger partial charge is 0.339 e. The summed E-state index contributed by atoms with van der Waals surface area (Å²) in [6.07, 6.45) is 3.04. The minimum Gasteiger partial charge on any atom is -0.454 e. The SMILES string of the molecule is Cn1cc(C(=O)COC(=O)c2cc(-c3cccs3)nc3ccccc23)cn1. The molecule has 1 aromatic carbocycles. The van der Waals surface area contributed by atoms with Gasteiger partial charge in [0.15, 0.2) is 6.61 Å². The highest BCUT2D eigenvalue weighted by Gasteiger charge is 2.17. The Morgan fingerprint density at radius 1 is 1.19 bits per heavy atom. The number of ketones is 1. The molecule has 6 nitrogen and oxygen atoms in total. The van der Waals surface area contributed by atoms with E-state index in [-0.39, 0.29) is 12.4 Å². The lowest BCUT2D eigenvalue weighted by Crippen LogP contribution is -2.14. The number of rotatable bonds is 5. The molecule has 7 heteroatoms. The van der Waals surface area contributed by atoms with Gasteiger partial charge in [0.25, 0.3) is 0 Å². The summed E-state index contributed by atoms with van der Waals surface area (Å²) in [5.74, 6) is -0.850. The summed E-state index contributed by atoms with van der Waals surface area (Å²) in [6.45, 7) is -0.338. The molecule has 0 saturated heterocycles. The number of benzene rings is 1. The number of ether oxygens (including phenoxy) is 1. The highest BCUT2D eigenvalue weighted by Crippen LogP contribution is 2.28. The van der Waals surface area contributed by atoms with Crippen LogP contribution < -0.4 is 0 Å². The predicted octanol–water partition coefficient (Wildman–Crippen LogP) is 3.74. The molecular formula is C20H15N3O3S. The Balaban J connectivity index is 1.63. The number of Topliss-reactive ketones (excluding diaryl/α,β-unsaturated/α-hetero) is 1. The third-order valence-corrected chi connectivity index (χ3v) is 4.96. The van der Waals surface area contributed by atoms with Crippen molar-refractivity contribution in [2.24, 2.45) is 7.05 Å². The number of hydrogen-bond acceptors (Lipinski definition) is 6. The van der Waals surface area contributed by atoms with Crippen molar-refractivity contribution in [1.29, 1.82) is 0 Å². The van der Waals surface area contributed by atoms with E-state index in [1.165, 1.54) is 10.9 Å². The third-order valence-electron chi connectivity index (χ3n) is 4.07. The van der Waals surface area contributed by atoms with Crippen molar-refractivity contribution >= 4 is 34.0 Å². The van der Waals surface area contributed by atoms with Crippen molar-refractivity contribution in [3.8, 4) is 10.6 Å². The lowest BCUT2D eigenvalue weighted by Gasteiger charge is -2.09. The number of pyridine rings is 1. The Bertz CT molecular complexity index is 1130. The van der Waals surface area contributed by atoms with Crippen molar-refractivity contribution in [1.82, 2.24) is 14.8 Å². The van der Waals surface area contributed by atoms with Crippen molar-refractivity contribution in [3.63, 3.8) is 0 Å². The van der Waals surface area contributed by atoms with Crippen molar-refractivity contribution in [3.05, 3.63) is 71.4 Å². The van der Waals surface area contributed by atoms with Gasteiger partial charge in [-0.2, -0.15) is 5.10 Å². The molecule has 134 valence electrons. The number of esters is 1. The fraction of sp³-hybridized carbons (Fsp3) is 0.100. The Morgan fingerprint density at radius 2 is 2.04 bits per heavy atom. The second kappa shape index (κ2) is 7.13. The van der Waals surface area contributed by atoms with Gasteiger partial charge in [-0.3, -0.25) is 9.48 Å². The zero-order chi connectivity index (χ0) is 18.8. The first-order chi connectivity index (χ1) is 13.1. The quantitative estimate of drug-likeness (QED) is 0.391. The lowest BCUT2D eigenvalue weighted by atomic mass is 10.1. The van der Waals surface area contributed by atoms with Gasteiger partial charge in [0.1, 0.15) is 0 Å². The molecule has 27 heavy (non-hydrogen) atoms. The van der Waals surface area contributed by atoms with E-state index < -0.39 is 5.97 Å². The topological polar surface area (TPSA) is 74.1 Å². The zero-order valence-corrected chi connectivity index (χ0v) is 15.3. The van der Waals surface area contributed by atoms with Crippen molar-refractivity contribution < 1.29 is 14.3 Å². The summed E-state index contributed by atoms with van der Waals surface area (Å²) in [7, 11) is 1.72. The Labute approximate surface area is 159 Å². The van der Waals surface area contributed by atoms with Crippen LogP contribution in [0.25, 0.3) is 21.5 Å². The molecule has 0 fully saturated rings. The van der Waals surface area contributed by atoms with Crippen LogP contribution in [0.3, 0.4) is 0 Å². The van der Waals surface area contributed by atoms with Crippen LogP contribution in [0, 0.1) is 0 Å². The number of carbonyl (C=O) groups is 2. The fourth-order valence-corrected chi connectivity index (χ4v) is 3.44. The molecule has 0 N–H and O–H groups in total.